The van der Waals surface area contributed by atoms with E-state index in [2.05, 4.69) is 50.1 Å². The first kappa shape index (κ1) is 13.7. The van der Waals surface area contributed by atoms with E-state index in [0.29, 0.717) is 11.8 Å². The molecular weight excluding hydrogens is 218 g/mol. The molecule has 1 atom stereocenters. The van der Waals surface area contributed by atoms with Crippen LogP contribution in [0.25, 0.3) is 0 Å². The Bertz CT molecular complexity index is 391. The molecule has 96 valence electrons. The van der Waals surface area contributed by atoms with E-state index in [-0.39, 0.29) is 23.3 Å². The number of hydrogen-bond donors (Lipinski definition) is 1. The van der Waals surface area contributed by atoms with Gasteiger partial charge >= 0.3 is 6.01 Å². The van der Waals surface area contributed by atoms with Gasteiger partial charge in [0.05, 0.1) is 0 Å². The molecule has 17 heavy (non-hydrogen) atoms. The van der Waals surface area contributed by atoms with E-state index >= 15 is 0 Å². The molecule has 0 radical (unpaired) electrons. The zero-order chi connectivity index (χ0) is 13.2. The Morgan fingerprint density at radius 1 is 1.29 bits per heavy atom. The Hall–Kier alpha value is -1.39. The summed E-state index contributed by atoms with van der Waals surface area (Å²) in [6.45, 7) is 12.1. The first-order chi connectivity index (χ1) is 7.71. The fourth-order valence-electron chi connectivity index (χ4n) is 2.22. The number of amides is 1. The van der Waals surface area contributed by atoms with Crippen molar-refractivity contribution in [2.75, 3.05) is 5.32 Å². The number of hydrogen-bond acceptors (Lipinski definition) is 4. The zero-order valence-corrected chi connectivity index (χ0v) is 11.4. The number of carbonyl (C=O) groups is 1. The highest BCUT2D eigenvalue weighted by atomic mass is 16.4. The number of rotatable bonds is 3. The molecule has 0 aliphatic rings. The van der Waals surface area contributed by atoms with Gasteiger partial charge in [0.1, 0.15) is 0 Å². The number of nitrogens with one attached hydrogen (secondary N) is 1. The van der Waals surface area contributed by atoms with E-state index in [1.807, 2.05) is 0 Å². The second kappa shape index (κ2) is 4.85. The Labute approximate surface area is 102 Å². The molecule has 0 aromatic carbocycles. The van der Waals surface area contributed by atoms with Crippen molar-refractivity contribution in [1.29, 1.82) is 0 Å². The van der Waals surface area contributed by atoms with Gasteiger partial charge in [-0.2, -0.15) is 0 Å². The number of carbonyl (C=O) groups excluding carboxylic acids is 1. The largest absolute Gasteiger partial charge is 0.408 e. The normalized spacial score (nSPS) is 13.8. The molecule has 5 heteroatoms. The van der Waals surface area contributed by atoms with Crippen molar-refractivity contribution in [3.05, 3.63) is 5.89 Å². The fraction of sp³-hybridized carbons (Fsp3) is 0.750. The van der Waals surface area contributed by atoms with Gasteiger partial charge in [0.25, 0.3) is 0 Å². The maximum atomic E-state index is 10.9. The zero-order valence-electron chi connectivity index (χ0n) is 11.4. The standard InChI is InChI=1S/C12H21N3O2/c1-7(2)9(12(4,5)6)10-14-15-11(17-10)13-8(3)16/h7,9H,1-6H3,(H,13,15,16). The van der Waals surface area contributed by atoms with Crippen LogP contribution < -0.4 is 5.32 Å². The van der Waals surface area contributed by atoms with Crippen LogP contribution in [0, 0.1) is 11.3 Å². The van der Waals surface area contributed by atoms with Gasteiger partial charge < -0.3 is 4.42 Å². The summed E-state index contributed by atoms with van der Waals surface area (Å²) in [7, 11) is 0. The molecule has 0 bridgehead atoms. The Morgan fingerprint density at radius 3 is 2.29 bits per heavy atom. The summed E-state index contributed by atoms with van der Waals surface area (Å²) < 4.78 is 5.49. The van der Waals surface area contributed by atoms with Crippen molar-refractivity contribution in [1.82, 2.24) is 10.2 Å². The minimum atomic E-state index is -0.211. The second-order valence-corrected chi connectivity index (χ2v) is 5.71. The van der Waals surface area contributed by atoms with E-state index < -0.39 is 0 Å². The maximum Gasteiger partial charge on any atom is 0.322 e. The van der Waals surface area contributed by atoms with E-state index in [4.69, 9.17) is 4.42 Å². The first-order valence-electron chi connectivity index (χ1n) is 5.82. The van der Waals surface area contributed by atoms with Gasteiger partial charge in [-0.1, -0.05) is 39.7 Å². The van der Waals surface area contributed by atoms with Crippen LogP contribution in [0.1, 0.15) is 53.4 Å². The first-order valence-corrected chi connectivity index (χ1v) is 5.82. The summed E-state index contributed by atoms with van der Waals surface area (Å²) in [4.78, 5) is 10.9. The van der Waals surface area contributed by atoms with Crippen LogP contribution in [0.15, 0.2) is 4.42 Å². The minimum absolute atomic E-state index is 0.0359. The van der Waals surface area contributed by atoms with Crippen LogP contribution >= 0.6 is 0 Å². The summed E-state index contributed by atoms with van der Waals surface area (Å²) in [6.07, 6.45) is 0. The third-order valence-electron chi connectivity index (χ3n) is 2.59. The lowest BCUT2D eigenvalue weighted by Crippen LogP contribution is -2.23. The van der Waals surface area contributed by atoms with Crippen molar-refractivity contribution >= 4 is 11.9 Å². The molecule has 1 heterocycles. The van der Waals surface area contributed by atoms with Crippen LogP contribution in [0.5, 0.6) is 0 Å². The highest BCUT2D eigenvalue weighted by Gasteiger charge is 2.33. The van der Waals surface area contributed by atoms with Crippen molar-refractivity contribution in [2.24, 2.45) is 11.3 Å². The van der Waals surface area contributed by atoms with Gasteiger partial charge in [0, 0.05) is 12.8 Å². The van der Waals surface area contributed by atoms with E-state index in [1.165, 1.54) is 6.92 Å². The Balaban J connectivity index is 2.96. The van der Waals surface area contributed by atoms with E-state index in [0.717, 1.165) is 0 Å². The smallest absolute Gasteiger partial charge is 0.322 e. The van der Waals surface area contributed by atoms with Gasteiger partial charge in [-0.05, 0) is 11.3 Å². The monoisotopic (exact) mass is 239 g/mol. The van der Waals surface area contributed by atoms with Crippen molar-refractivity contribution < 1.29 is 9.21 Å². The average molecular weight is 239 g/mol. The van der Waals surface area contributed by atoms with Crippen LogP contribution in [0.2, 0.25) is 0 Å². The molecule has 0 saturated carbocycles. The molecule has 0 saturated heterocycles. The maximum absolute atomic E-state index is 10.9. The molecular formula is C12H21N3O2. The lowest BCUT2D eigenvalue weighted by atomic mass is 9.74. The highest BCUT2D eigenvalue weighted by Crippen LogP contribution is 2.40. The predicted molar refractivity (Wildman–Crippen MR) is 65.6 cm³/mol. The van der Waals surface area contributed by atoms with Gasteiger partial charge in [-0.25, -0.2) is 0 Å². The molecule has 1 N–H and O–H groups in total. The second-order valence-electron chi connectivity index (χ2n) is 5.71. The lowest BCUT2D eigenvalue weighted by molar-refractivity contribution is -0.114. The van der Waals surface area contributed by atoms with Crippen LogP contribution in [-0.2, 0) is 4.79 Å². The van der Waals surface area contributed by atoms with Crippen molar-refractivity contribution in [3.63, 3.8) is 0 Å². The summed E-state index contributed by atoms with van der Waals surface area (Å²) >= 11 is 0. The molecule has 1 aromatic rings. The van der Waals surface area contributed by atoms with Gasteiger partial charge in [0.15, 0.2) is 0 Å². The molecule has 1 aromatic heterocycles. The summed E-state index contributed by atoms with van der Waals surface area (Å²) in [5.41, 5.74) is 0.0359. The van der Waals surface area contributed by atoms with Crippen LogP contribution in [0.3, 0.4) is 0 Å². The number of anilines is 1. The predicted octanol–water partition coefficient (Wildman–Crippen LogP) is 2.81. The molecule has 5 nitrogen and oxygen atoms in total. The summed E-state index contributed by atoms with van der Waals surface area (Å²) in [5.74, 6) is 0.923. The van der Waals surface area contributed by atoms with E-state index in [9.17, 15) is 4.79 Å². The quantitative estimate of drug-likeness (QED) is 0.880. The number of nitrogens with zero attached hydrogens (tertiary/aromatic N) is 2. The topological polar surface area (TPSA) is 68.0 Å². The Morgan fingerprint density at radius 2 is 1.88 bits per heavy atom. The molecule has 0 spiro atoms. The lowest BCUT2D eigenvalue weighted by Gasteiger charge is -2.30. The summed E-state index contributed by atoms with van der Waals surface area (Å²) in [5, 5.41) is 10.3. The van der Waals surface area contributed by atoms with Gasteiger partial charge in [0.2, 0.25) is 11.8 Å². The van der Waals surface area contributed by atoms with Crippen LogP contribution in [-0.4, -0.2) is 16.1 Å². The van der Waals surface area contributed by atoms with Crippen molar-refractivity contribution in [3.8, 4) is 0 Å². The molecule has 0 fully saturated rings. The molecule has 1 unspecified atom stereocenters. The average Bonchev–Trinajstić information content (AvgIpc) is 2.47. The molecule has 0 aliphatic heterocycles. The third-order valence-corrected chi connectivity index (χ3v) is 2.59. The Kier molecular flexibility index (Phi) is 3.91. The van der Waals surface area contributed by atoms with Gasteiger partial charge in [-0.3, -0.25) is 10.1 Å². The highest BCUT2D eigenvalue weighted by molar-refractivity contribution is 5.86. The number of aromatic nitrogens is 2. The molecule has 1 rings (SSSR count). The fourth-order valence-corrected chi connectivity index (χ4v) is 2.22. The van der Waals surface area contributed by atoms with Gasteiger partial charge in [-0.15, -0.1) is 5.10 Å². The van der Waals surface area contributed by atoms with Crippen LogP contribution in [0.4, 0.5) is 6.01 Å². The third kappa shape index (κ3) is 3.54. The van der Waals surface area contributed by atoms with Crippen molar-refractivity contribution in [2.45, 2.75) is 47.5 Å². The summed E-state index contributed by atoms with van der Waals surface area (Å²) in [6, 6.07) is 0.169. The minimum Gasteiger partial charge on any atom is -0.408 e. The molecule has 1 amide bonds. The van der Waals surface area contributed by atoms with E-state index in [1.54, 1.807) is 0 Å². The molecule has 0 aliphatic carbocycles. The SMILES string of the molecule is CC(=O)Nc1nnc(C(C(C)C)C(C)(C)C)o1.